The first-order valence-electron chi connectivity index (χ1n) is 6.88. The molecule has 0 amide bonds. The minimum Gasteiger partial charge on any atom is -0.619 e. The number of halogens is 3. The summed E-state index contributed by atoms with van der Waals surface area (Å²) in [5.41, 5.74) is 0.704. The lowest BCUT2D eigenvalue weighted by Crippen LogP contribution is -2.23. The molecular formula is C16H11F3N4O. The first-order chi connectivity index (χ1) is 11.4. The highest BCUT2D eigenvalue weighted by molar-refractivity contribution is 5.61. The normalized spacial score (nSPS) is 11.3. The number of pyridine rings is 1. The topological polar surface area (TPSA) is 64.8 Å². The van der Waals surface area contributed by atoms with Crippen LogP contribution in [0.1, 0.15) is 5.56 Å². The number of aromatic nitrogens is 3. The molecule has 122 valence electrons. The Morgan fingerprint density at radius 1 is 1.04 bits per heavy atom. The molecule has 24 heavy (non-hydrogen) atoms. The second-order valence-corrected chi connectivity index (χ2v) is 4.92. The number of nitrogens with one attached hydrogen (secondary N) is 1. The molecule has 5 nitrogen and oxygen atoms in total. The SMILES string of the molecule is [O-][n+]1ccc(-c2ccnc(Nc3cccc(C(F)(F)F)c3)n2)cc1. The van der Waals surface area contributed by atoms with Gasteiger partial charge in [0.1, 0.15) is 0 Å². The minimum absolute atomic E-state index is 0.158. The molecule has 0 spiro atoms. The van der Waals surface area contributed by atoms with E-state index < -0.39 is 11.7 Å². The lowest BCUT2D eigenvalue weighted by Gasteiger charge is -2.10. The smallest absolute Gasteiger partial charge is 0.416 e. The van der Waals surface area contributed by atoms with Crippen LogP contribution in [0.3, 0.4) is 0 Å². The lowest BCUT2D eigenvalue weighted by atomic mass is 10.2. The standard InChI is InChI=1S/C16H11F3N4O/c17-16(18,19)12-2-1-3-13(10-12)21-15-20-7-4-14(22-15)11-5-8-23(24)9-6-11/h1-10H,(H,20,21,22). The van der Waals surface area contributed by atoms with E-state index in [4.69, 9.17) is 0 Å². The zero-order chi connectivity index (χ0) is 17.2. The van der Waals surface area contributed by atoms with Gasteiger partial charge < -0.3 is 10.5 Å². The monoisotopic (exact) mass is 332 g/mol. The van der Waals surface area contributed by atoms with Crippen molar-refractivity contribution in [3.63, 3.8) is 0 Å². The molecule has 0 fully saturated rings. The average molecular weight is 332 g/mol. The van der Waals surface area contributed by atoms with E-state index in [-0.39, 0.29) is 11.6 Å². The summed E-state index contributed by atoms with van der Waals surface area (Å²) in [5.74, 6) is 0.158. The van der Waals surface area contributed by atoms with Gasteiger partial charge in [0, 0.05) is 29.6 Å². The van der Waals surface area contributed by atoms with E-state index in [1.807, 2.05) is 0 Å². The number of anilines is 2. The largest absolute Gasteiger partial charge is 0.619 e. The van der Waals surface area contributed by atoms with Gasteiger partial charge in [-0.05, 0) is 24.3 Å². The third kappa shape index (κ3) is 3.60. The Bertz CT molecular complexity index is 850. The highest BCUT2D eigenvalue weighted by atomic mass is 19.4. The summed E-state index contributed by atoms with van der Waals surface area (Å²) in [7, 11) is 0. The van der Waals surface area contributed by atoms with E-state index >= 15 is 0 Å². The third-order valence-electron chi connectivity index (χ3n) is 3.20. The van der Waals surface area contributed by atoms with Gasteiger partial charge in [-0.15, -0.1) is 0 Å². The van der Waals surface area contributed by atoms with E-state index in [9.17, 15) is 18.4 Å². The fourth-order valence-electron chi connectivity index (χ4n) is 2.07. The molecule has 2 aromatic heterocycles. The second-order valence-electron chi connectivity index (χ2n) is 4.92. The van der Waals surface area contributed by atoms with Crippen molar-refractivity contribution >= 4 is 11.6 Å². The van der Waals surface area contributed by atoms with Crippen LogP contribution in [0.5, 0.6) is 0 Å². The van der Waals surface area contributed by atoms with Gasteiger partial charge in [-0.25, -0.2) is 9.97 Å². The van der Waals surface area contributed by atoms with Crippen LogP contribution in [0.4, 0.5) is 24.8 Å². The summed E-state index contributed by atoms with van der Waals surface area (Å²) < 4.78 is 38.9. The van der Waals surface area contributed by atoms with E-state index in [2.05, 4.69) is 15.3 Å². The van der Waals surface area contributed by atoms with Crippen molar-refractivity contribution in [2.24, 2.45) is 0 Å². The molecule has 0 bridgehead atoms. The second kappa shape index (κ2) is 6.15. The average Bonchev–Trinajstić information content (AvgIpc) is 2.55. The van der Waals surface area contributed by atoms with E-state index in [0.717, 1.165) is 12.1 Å². The molecule has 0 aliphatic carbocycles. The summed E-state index contributed by atoms with van der Waals surface area (Å²) in [4.78, 5) is 8.24. The Balaban J connectivity index is 1.86. The van der Waals surface area contributed by atoms with E-state index in [1.165, 1.54) is 30.7 Å². The first kappa shape index (κ1) is 15.7. The van der Waals surface area contributed by atoms with Crippen LogP contribution in [-0.2, 0) is 6.18 Å². The van der Waals surface area contributed by atoms with Crippen LogP contribution in [0.2, 0.25) is 0 Å². The zero-order valence-corrected chi connectivity index (χ0v) is 12.2. The van der Waals surface area contributed by atoms with Crippen molar-refractivity contribution in [3.05, 3.63) is 71.8 Å². The fraction of sp³-hybridized carbons (Fsp3) is 0.0625. The van der Waals surface area contributed by atoms with Crippen LogP contribution >= 0.6 is 0 Å². The van der Waals surface area contributed by atoms with Gasteiger partial charge in [0.05, 0.1) is 11.3 Å². The summed E-state index contributed by atoms with van der Waals surface area (Å²) >= 11 is 0. The number of hydrogen-bond acceptors (Lipinski definition) is 4. The van der Waals surface area contributed by atoms with Gasteiger partial charge in [-0.2, -0.15) is 17.9 Å². The fourth-order valence-corrected chi connectivity index (χ4v) is 2.07. The first-order valence-corrected chi connectivity index (χ1v) is 6.88. The molecule has 0 aliphatic rings. The maximum absolute atomic E-state index is 12.7. The van der Waals surface area contributed by atoms with Crippen molar-refractivity contribution < 1.29 is 17.9 Å². The zero-order valence-electron chi connectivity index (χ0n) is 12.2. The third-order valence-corrected chi connectivity index (χ3v) is 3.20. The van der Waals surface area contributed by atoms with Crippen molar-refractivity contribution in [3.8, 4) is 11.3 Å². The van der Waals surface area contributed by atoms with Gasteiger partial charge >= 0.3 is 6.18 Å². The molecule has 0 saturated carbocycles. The summed E-state index contributed by atoms with van der Waals surface area (Å²) in [6.07, 6.45) is -0.274. The number of benzene rings is 1. The highest BCUT2D eigenvalue weighted by Crippen LogP contribution is 2.31. The quantitative estimate of drug-likeness (QED) is 0.588. The molecule has 3 aromatic rings. The van der Waals surface area contributed by atoms with Gasteiger partial charge in [0.25, 0.3) is 0 Å². The van der Waals surface area contributed by atoms with Gasteiger partial charge in [0.2, 0.25) is 5.95 Å². The van der Waals surface area contributed by atoms with Crippen LogP contribution in [-0.4, -0.2) is 9.97 Å². The van der Waals surface area contributed by atoms with E-state index in [0.29, 0.717) is 16.0 Å². The number of hydrogen-bond donors (Lipinski definition) is 1. The van der Waals surface area contributed by atoms with Crippen molar-refractivity contribution in [1.29, 1.82) is 0 Å². The summed E-state index contributed by atoms with van der Waals surface area (Å²) in [6, 6.07) is 9.59. The van der Waals surface area contributed by atoms with Crippen molar-refractivity contribution in [1.82, 2.24) is 9.97 Å². The Morgan fingerprint density at radius 3 is 2.50 bits per heavy atom. The molecule has 0 radical (unpaired) electrons. The molecule has 0 saturated heterocycles. The predicted octanol–water partition coefficient (Wildman–Crippen LogP) is 3.54. The Morgan fingerprint density at radius 2 is 1.79 bits per heavy atom. The highest BCUT2D eigenvalue weighted by Gasteiger charge is 2.30. The molecule has 1 aromatic carbocycles. The van der Waals surface area contributed by atoms with E-state index in [1.54, 1.807) is 18.2 Å². The van der Waals surface area contributed by atoms with Gasteiger partial charge in [-0.1, -0.05) is 6.07 Å². The van der Waals surface area contributed by atoms with Crippen molar-refractivity contribution in [2.45, 2.75) is 6.18 Å². The van der Waals surface area contributed by atoms with Crippen LogP contribution in [0, 0.1) is 5.21 Å². The molecule has 0 aliphatic heterocycles. The lowest BCUT2D eigenvalue weighted by molar-refractivity contribution is -0.605. The van der Waals surface area contributed by atoms with Crippen LogP contribution < -0.4 is 10.0 Å². The Kier molecular flexibility index (Phi) is 4.03. The Labute approximate surface area is 135 Å². The molecular weight excluding hydrogens is 321 g/mol. The molecule has 3 rings (SSSR count). The maximum atomic E-state index is 12.7. The number of alkyl halides is 3. The predicted molar refractivity (Wildman–Crippen MR) is 81.2 cm³/mol. The van der Waals surface area contributed by atoms with Crippen LogP contribution in [0.15, 0.2) is 61.1 Å². The molecule has 2 heterocycles. The summed E-state index contributed by atoms with van der Waals surface area (Å²) in [6.45, 7) is 0. The van der Waals surface area contributed by atoms with Gasteiger partial charge in [-0.3, -0.25) is 0 Å². The molecule has 0 atom stereocenters. The maximum Gasteiger partial charge on any atom is 0.416 e. The minimum atomic E-state index is -4.42. The molecule has 0 unspecified atom stereocenters. The summed E-state index contributed by atoms with van der Waals surface area (Å²) in [5, 5.41) is 13.8. The van der Waals surface area contributed by atoms with Crippen molar-refractivity contribution in [2.75, 3.05) is 5.32 Å². The number of nitrogens with zero attached hydrogens (tertiary/aromatic N) is 3. The Hall–Kier alpha value is -3.16. The molecule has 8 heteroatoms. The molecule has 1 N–H and O–H groups in total. The van der Waals surface area contributed by atoms with Crippen LogP contribution in [0.25, 0.3) is 11.3 Å². The van der Waals surface area contributed by atoms with Gasteiger partial charge in [0.15, 0.2) is 12.4 Å². The number of rotatable bonds is 3.